The molecule has 1 aromatic heterocycles. The predicted molar refractivity (Wildman–Crippen MR) is 61.3 cm³/mol. The quantitative estimate of drug-likeness (QED) is 0.848. The van der Waals surface area contributed by atoms with Crippen molar-refractivity contribution in [2.24, 2.45) is 0 Å². The SMILES string of the molecule is CCCc1ccc(-n2cc(CO)nn2)cc1. The Hall–Kier alpha value is -1.68. The first-order valence-corrected chi connectivity index (χ1v) is 5.45. The minimum Gasteiger partial charge on any atom is -0.390 e. The summed E-state index contributed by atoms with van der Waals surface area (Å²) >= 11 is 0. The van der Waals surface area contributed by atoms with Gasteiger partial charge in [0.15, 0.2) is 0 Å². The molecule has 0 atom stereocenters. The van der Waals surface area contributed by atoms with Crippen molar-refractivity contribution in [1.29, 1.82) is 0 Å². The third kappa shape index (κ3) is 2.28. The van der Waals surface area contributed by atoms with Gasteiger partial charge in [-0.2, -0.15) is 0 Å². The van der Waals surface area contributed by atoms with E-state index in [1.54, 1.807) is 10.9 Å². The second kappa shape index (κ2) is 4.90. The number of nitrogens with zero attached hydrogens (tertiary/aromatic N) is 3. The van der Waals surface area contributed by atoms with Crippen molar-refractivity contribution < 1.29 is 5.11 Å². The molecule has 0 radical (unpaired) electrons. The topological polar surface area (TPSA) is 50.9 Å². The van der Waals surface area contributed by atoms with Gasteiger partial charge in [0.05, 0.1) is 18.5 Å². The van der Waals surface area contributed by atoms with E-state index in [0.29, 0.717) is 5.69 Å². The molecule has 0 aliphatic carbocycles. The van der Waals surface area contributed by atoms with E-state index in [1.807, 2.05) is 12.1 Å². The van der Waals surface area contributed by atoms with Crippen molar-refractivity contribution in [3.63, 3.8) is 0 Å². The molecule has 1 heterocycles. The van der Waals surface area contributed by atoms with Gasteiger partial charge in [-0.3, -0.25) is 0 Å². The van der Waals surface area contributed by atoms with Gasteiger partial charge in [-0.05, 0) is 24.1 Å². The van der Waals surface area contributed by atoms with Crippen molar-refractivity contribution in [3.8, 4) is 5.69 Å². The molecule has 0 aliphatic rings. The van der Waals surface area contributed by atoms with E-state index in [0.717, 1.165) is 18.5 Å². The van der Waals surface area contributed by atoms with Gasteiger partial charge in [0.1, 0.15) is 5.69 Å². The fraction of sp³-hybridized carbons (Fsp3) is 0.333. The zero-order valence-corrected chi connectivity index (χ0v) is 9.30. The molecule has 4 nitrogen and oxygen atoms in total. The van der Waals surface area contributed by atoms with Gasteiger partial charge >= 0.3 is 0 Å². The number of hydrogen-bond donors (Lipinski definition) is 1. The van der Waals surface area contributed by atoms with Crippen LogP contribution in [0.3, 0.4) is 0 Å². The number of aliphatic hydroxyl groups excluding tert-OH is 1. The second-order valence-electron chi connectivity index (χ2n) is 3.73. The molecular formula is C12H15N3O. The van der Waals surface area contributed by atoms with Gasteiger partial charge in [0, 0.05) is 0 Å². The molecule has 0 bridgehead atoms. The highest BCUT2D eigenvalue weighted by molar-refractivity contribution is 5.33. The summed E-state index contributed by atoms with van der Waals surface area (Å²) in [5.74, 6) is 0. The summed E-state index contributed by atoms with van der Waals surface area (Å²) in [5.41, 5.74) is 2.87. The summed E-state index contributed by atoms with van der Waals surface area (Å²) in [6.07, 6.45) is 3.98. The zero-order chi connectivity index (χ0) is 11.4. The molecule has 4 heteroatoms. The lowest BCUT2D eigenvalue weighted by molar-refractivity contribution is 0.276. The van der Waals surface area contributed by atoms with Crippen molar-refractivity contribution in [1.82, 2.24) is 15.0 Å². The van der Waals surface area contributed by atoms with Crippen molar-refractivity contribution in [2.75, 3.05) is 0 Å². The number of benzene rings is 1. The minimum atomic E-state index is -0.0755. The summed E-state index contributed by atoms with van der Waals surface area (Å²) in [6.45, 7) is 2.09. The summed E-state index contributed by atoms with van der Waals surface area (Å²) in [7, 11) is 0. The van der Waals surface area contributed by atoms with E-state index in [2.05, 4.69) is 29.4 Å². The van der Waals surface area contributed by atoms with E-state index >= 15 is 0 Å². The number of aliphatic hydroxyl groups is 1. The molecule has 2 rings (SSSR count). The zero-order valence-electron chi connectivity index (χ0n) is 9.30. The largest absolute Gasteiger partial charge is 0.390 e. The number of aryl methyl sites for hydroxylation is 1. The van der Waals surface area contributed by atoms with Crippen LogP contribution < -0.4 is 0 Å². The first-order chi connectivity index (χ1) is 7.83. The third-order valence-corrected chi connectivity index (χ3v) is 2.44. The van der Waals surface area contributed by atoms with Gasteiger partial charge in [-0.1, -0.05) is 30.7 Å². The maximum absolute atomic E-state index is 8.90. The highest BCUT2D eigenvalue weighted by Gasteiger charge is 2.01. The van der Waals surface area contributed by atoms with Crippen LogP contribution in [0.15, 0.2) is 30.5 Å². The van der Waals surface area contributed by atoms with Gasteiger partial charge in [-0.25, -0.2) is 4.68 Å². The third-order valence-electron chi connectivity index (χ3n) is 2.44. The number of hydrogen-bond acceptors (Lipinski definition) is 3. The molecule has 0 aliphatic heterocycles. The molecule has 0 saturated carbocycles. The van der Waals surface area contributed by atoms with Crippen LogP contribution in [0.4, 0.5) is 0 Å². The smallest absolute Gasteiger partial charge is 0.109 e. The second-order valence-corrected chi connectivity index (χ2v) is 3.73. The molecule has 0 amide bonds. The number of aromatic nitrogens is 3. The molecule has 1 N–H and O–H groups in total. The minimum absolute atomic E-state index is 0.0755. The van der Waals surface area contributed by atoms with E-state index in [9.17, 15) is 0 Å². The van der Waals surface area contributed by atoms with E-state index in [-0.39, 0.29) is 6.61 Å². The van der Waals surface area contributed by atoms with Crippen LogP contribution in [0, 0.1) is 0 Å². The lowest BCUT2D eigenvalue weighted by atomic mass is 10.1. The average Bonchev–Trinajstić information content (AvgIpc) is 2.79. The fourth-order valence-corrected chi connectivity index (χ4v) is 1.60. The Morgan fingerprint density at radius 3 is 2.56 bits per heavy atom. The molecule has 0 unspecified atom stereocenters. The van der Waals surface area contributed by atoms with Crippen LogP contribution >= 0.6 is 0 Å². The van der Waals surface area contributed by atoms with Crippen LogP contribution in [0.5, 0.6) is 0 Å². The number of rotatable bonds is 4. The molecular weight excluding hydrogens is 202 g/mol. The summed E-state index contributed by atoms with van der Waals surface area (Å²) in [6, 6.07) is 8.22. The van der Waals surface area contributed by atoms with Crippen molar-refractivity contribution in [3.05, 3.63) is 41.7 Å². The lowest BCUT2D eigenvalue weighted by Gasteiger charge is -2.02. The average molecular weight is 217 g/mol. The Morgan fingerprint density at radius 2 is 2.00 bits per heavy atom. The maximum atomic E-state index is 8.90. The fourth-order valence-electron chi connectivity index (χ4n) is 1.60. The van der Waals surface area contributed by atoms with Gasteiger partial charge in [0.25, 0.3) is 0 Å². The molecule has 0 fully saturated rings. The van der Waals surface area contributed by atoms with Gasteiger partial charge in [0.2, 0.25) is 0 Å². The summed E-state index contributed by atoms with van der Waals surface area (Å²) < 4.78 is 1.67. The highest BCUT2D eigenvalue weighted by Crippen LogP contribution is 2.10. The van der Waals surface area contributed by atoms with E-state index in [4.69, 9.17) is 5.11 Å². The Balaban J connectivity index is 2.20. The molecule has 0 saturated heterocycles. The molecule has 2 aromatic rings. The Kier molecular flexibility index (Phi) is 3.31. The molecule has 1 aromatic carbocycles. The Bertz CT molecular complexity index is 448. The van der Waals surface area contributed by atoms with Crippen molar-refractivity contribution >= 4 is 0 Å². The molecule has 0 spiro atoms. The van der Waals surface area contributed by atoms with Crippen LogP contribution in [0.2, 0.25) is 0 Å². The Morgan fingerprint density at radius 1 is 1.25 bits per heavy atom. The van der Waals surface area contributed by atoms with Crippen LogP contribution in [-0.4, -0.2) is 20.1 Å². The van der Waals surface area contributed by atoms with Gasteiger partial charge < -0.3 is 5.11 Å². The standard InChI is InChI=1S/C12H15N3O/c1-2-3-10-4-6-12(7-5-10)15-8-11(9-16)13-14-15/h4-8,16H,2-3,9H2,1H3. The van der Waals surface area contributed by atoms with E-state index in [1.165, 1.54) is 5.56 Å². The Labute approximate surface area is 94.5 Å². The molecule has 16 heavy (non-hydrogen) atoms. The van der Waals surface area contributed by atoms with Crippen molar-refractivity contribution in [2.45, 2.75) is 26.4 Å². The summed E-state index contributed by atoms with van der Waals surface area (Å²) in [4.78, 5) is 0. The predicted octanol–water partition coefficient (Wildman–Crippen LogP) is 1.71. The van der Waals surface area contributed by atoms with Crippen LogP contribution in [-0.2, 0) is 13.0 Å². The van der Waals surface area contributed by atoms with E-state index < -0.39 is 0 Å². The molecule has 84 valence electrons. The van der Waals surface area contributed by atoms with Crippen LogP contribution in [0.1, 0.15) is 24.6 Å². The summed E-state index contributed by atoms with van der Waals surface area (Å²) in [5, 5.41) is 16.7. The first kappa shape index (κ1) is 10.8. The van der Waals surface area contributed by atoms with Gasteiger partial charge in [-0.15, -0.1) is 5.10 Å². The monoisotopic (exact) mass is 217 g/mol. The lowest BCUT2D eigenvalue weighted by Crippen LogP contribution is -1.95. The first-order valence-electron chi connectivity index (χ1n) is 5.45. The van der Waals surface area contributed by atoms with Crippen LogP contribution in [0.25, 0.3) is 5.69 Å². The highest BCUT2D eigenvalue weighted by atomic mass is 16.3. The maximum Gasteiger partial charge on any atom is 0.109 e. The normalized spacial score (nSPS) is 10.6.